The first kappa shape index (κ1) is 21.7. The van der Waals surface area contributed by atoms with Crippen molar-refractivity contribution < 1.29 is 14.3 Å². The van der Waals surface area contributed by atoms with Crippen molar-refractivity contribution in [2.75, 3.05) is 5.32 Å². The number of carbonyl (C=O) groups is 2. The Labute approximate surface area is 185 Å². The SMILES string of the molecule is CC(C)n1nccc1NC(=O)[C@@H](C)OC(=O)c1ccc2c(=O)n3c(nc2c1)CCCCC3. The highest BCUT2D eigenvalue weighted by atomic mass is 16.5. The van der Waals surface area contributed by atoms with Gasteiger partial charge in [-0.05, 0) is 51.8 Å². The molecule has 0 unspecified atom stereocenters. The fourth-order valence-corrected chi connectivity index (χ4v) is 3.88. The normalized spacial score (nSPS) is 14.6. The molecule has 1 atom stereocenters. The van der Waals surface area contributed by atoms with Crippen LogP contribution in [0.15, 0.2) is 35.3 Å². The van der Waals surface area contributed by atoms with Gasteiger partial charge >= 0.3 is 5.97 Å². The van der Waals surface area contributed by atoms with E-state index in [1.807, 2.05) is 13.8 Å². The largest absolute Gasteiger partial charge is 0.449 e. The molecule has 3 aromatic rings. The van der Waals surface area contributed by atoms with Gasteiger partial charge in [0.25, 0.3) is 11.5 Å². The number of hydrogen-bond acceptors (Lipinski definition) is 6. The van der Waals surface area contributed by atoms with Crippen LogP contribution in [0.2, 0.25) is 0 Å². The number of amides is 1. The summed E-state index contributed by atoms with van der Waals surface area (Å²) in [5.41, 5.74) is 0.631. The van der Waals surface area contributed by atoms with Crippen LogP contribution in [-0.4, -0.2) is 37.3 Å². The Morgan fingerprint density at radius 2 is 1.94 bits per heavy atom. The third-order valence-corrected chi connectivity index (χ3v) is 5.62. The fourth-order valence-electron chi connectivity index (χ4n) is 3.88. The van der Waals surface area contributed by atoms with Gasteiger partial charge < -0.3 is 10.1 Å². The molecule has 168 valence electrons. The lowest BCUT2D eigenvalue weighted by Gasteiger charge is -2.16. The van der Waals surface area contributed by atoms with Crippen LogP contribution in [0.5, 0.6) is 0 Å². The summed E-state index contributed by atoms with van der Waals surface area (Å²) in [5, 5.41) is 7.37. The standard InChI is InChI=1S/C23H27N5O4/c1-14(2)28-20(10-11-24-28)26-21(29)15(3)32-23(31)16-8-9-17-18(13-16)25-19-7-5-4-6-12-27(19)22(17)30/h8-11,13-15H,4-7,12H2,1-3H3,(H,26,29)/t15-/m1/s1. The second-order valence-corrected chi connectivity index (χ2v) is 8.32. The molecular weight excluding hydrogens is 410 g/mol. The van der Waals surface area contributed by atoms with Crippen molar-refractivity contribution in [2.45, 2.75) is 65.1 Å². The first-order valence-electron chi connectivity index (χ1n) is 10.9. The number of carbonyl (C=O) groups excluding carboxylic acids is 2. The molecule has 1 aliphatic rings. The summed E-state index contributed by atoms with van der Waals surface area (Å²) in [7, 11) is 0. The molecule has 4 rings (SSSR count). The van der Waals surface area contributed by atoms with E-state index in [1.54, 1.807) is 33.6 Å². The van der Waals surface area contributed by atoms with Crippen molar-refractivity contribution in [3.05, 3.63) is 52.2 Å². The van der Waals surface area contributed by atoms with Crippen LogP contribution < -0.4 is 10.9 Å². The Hall–Kier alpha value is -3.49. The molecule has 9 heteroatoms. The Morgan fingerprint density at radius 3 is 2.72 bits per heavy atom. The molecule has 0 saturated carbocycles. The molecule has 0 saturated heterocycles. The lowest BCUT2D eigenvalue weighted by molar-refractivity contribution is -0.123. The second-order valence-electron chi connectivity index (χ2n) is 8.32. The fraction of sp³-hybridized carbons (Fsp3) is 0.435. The molecule has 0 spiro atoms. The molecule has 9 nitrogen and oxygen atoms in total. The Kier molecular flexibility index (Phi) is 6.07. The van der Waals surface area contributed by atoms with Gasteiger partial charge in [0.2, 0.25) is 0 Å². The van der Waals surface area contributed by atoms with Gasteiger partial charge in [0.05, 0.1) is 22.7 Å². The monoisotopic (exact) mass is 437 g/mol. The minimum Gasteiger partial charge on any atom is -0.449 e. The van der Waals surface area contributed by atoms with E-state index in [-0.39, 0.29) is 17.2 Å². The first-order chi connectivity index (χ1) is 15.3. The summed E-state index contributed by atoms with van der Waals surface area (Å²) in [6.45, 7) is 6.08. The molecule has 1 aromatic carbocycles. The quantitative estimate of drug-likeness (QED) is 0.615. The number of anilines is 1. The van der Waals surface area contributed by atoms with Gasteiger partial charge in [-0.15, -0.1) is 0 Å². The van der Waals surface area contributed by atoms with Crippen LogP contribution in [0.4, 0.5) is 5.82 Å². The summed E-state index contributed by atoms with van der Waals surface area (Å²) >= 11 is 0. The van der Waals surface area contributed by atoms with Gasteiger partial charge in [-0.2, -0.15) is 5.10 Å². The number of ether oxygens (including phenoxy) is 1. The molecule has 2 aromatic heterocycles. The van der Waals surface area contributed by atoms with Crippen molar-refractivity contribution in [3.8, 4) is 0 Å². The maximum absolute atomic E-state index is 12.8. The molecule has 0 radical (unpaired) electrons. The highest BCUT2D eigenvalue weighted by Gasteiger charge is 2.22. The average molecular weight is 438 g/mol. The molecule has 32 heavy (non-hydrogen) atoms. The van der Waals surface area contributed by atoms with Crippen molar-refractivity contribution in [1.29, 1.82) is 0 Å². The molecule has 0 fully saturated rings. The lowest BCUT2D eigenvalue weighted by Crippen LogP contribution is -2.31. The number of hydrogen-bond donors (Lipinski definition) is 1. The van der Waals surface area contributed by atoms with Gasteiger partial charge in [0.1, 0.15) is 11.6 Å². The minimum atomic E-state index is -1.01. The van der Waals surface area contributed by atoms with E-state index in [4.69, 9.17) is 4.74 Å². The lowest BCUT2D eigenvalue weighted by atomic mass is 10.1. The molecule has 0 aliphatic carbocycles. The maximum atomic E-state index is 12.8. The summed E-state index contributed by atoms with van der Waals surface area (Å²) in [5.74, 6) is 0.177. The number of fused-ring (bicyclic) bond motifs is 2. The zero-order valence-corrected chi connectivity index (χ0v) is 18.5. The molecule has 1 N–H and O–H groups in total. The van der Waals surface area contributed by atoms with E-state index < -0.39 is 18.0 Å². The molecular formula is C23H27N5O4. The minimum absolute atomic E-state index is 0.0716. The van der Waals surface area contributed by atoms with Crippen LogP contribution in [-0.2, 0) is 22.5 Å². The third-order valence-electron chi connectivity index (χ3n) is 5.62. The van der Waals surface area contributed by atoms with E-state index in [0.717, 1.165) is 31.5 Å². The molecule has 1 amide bonds. The van der Waals surface area contributed by atoms with Crippen LogP contribution in [0.1, 0.15) is 62.3 Å². The third kappa shape index (κ3) is 4.28. The maximum Gasteiger partial charge on any atom is 0.338 e. The smallest absolute Gasteiger partial charge is 0.338 e. The highest BCUT2D eigenvalue weighted by molar-refractivity contribution is 5.98. The number of aryl methyl sites for hydroxylation is 1. The average Bonchev–Trinajstić information content (AvgIpc) is 3.10. The van der Waals surface area contributed by atoms with Gasteiger partial charge in [0, 0.05) is 25.1 Å². The zero-order chi connectivity index (χ0) is 22.8. The summed E-state index contributed by atoms with van der Waals surface area (Å²) < 4.78 is 8.77. The van der Waals surface area contributed by atoms with E-state index in [9.17, 15) is 14.4 Å². The number of esters is 1. The predicted molar refractivity (Wildman–Crippen MR) is 120 cm³/mol. The van der Waals surface area contributed by atoms with Gasteiger partial charge in [0.15, 0.2) is 6.10 Å². The van der Waals surface area contributed by atoms with Crippen molar-refractivity contribution in [2.24, 2.45) is 0 Å². The topological polar surface area (TPSA) is 108 Å². The summed E-state index contributed by atoms with van der Waals surface area (Å²) in [6.07, 6.45) is 4.33. The van der Waals surface area contributed by atoms with Crippen molar-refractivity contribution in [1.82, 2.24) is 19.3 Å². The van der Waals surface area contributed by atoms with Crippen LogP contribution in [0, 0.1) is 0 Å². The number of benzene rings is 1. The van der Waals surface area contributed by atoms with Crippen molar-refractivity contribution in [3.63, 3.8) is 0 Å². The van der Waals surface area contributed by atoms with Gasteiger partial charge in [-0.3, -0.25) is 14.2 Å². The van der Waals surface area contributed by atoms with Crippen LogP contribution in [0.3, 0.4) is 0 Å². The van der Waals surface area contributed by atoms with Crippen LogP contribution >= 0.6 is 0 Å². The highest BCUT2D eigenvalue weighted by Crippen LogP contribution is 2.18. The molecule has 0 bridgehead atoms. The molecule has 3 heterocycles. The number of aromatic nitrogens is 4. The van der Waals surface area contributed by atoms with Gasteiger partial charge in [-0.1, -0.05) is 6.42 Å². The predicted octanol–water partition coefficient (Wildman–Crippen LogP) is 3.08. The first-order valence-corrected chi connectivity index (χ1v) is 10.9. The Bertz CT molecular complexity index is 1230. The van der Waals surface area contributed by atoms with E-state index in [2.05, 4.69) is 15.4 Å². The van der Waals surface area contributed by atoms with Crippen LogP contribution in [0.25, 0.3) is 10.9 Å². The number of nitrogens with zero attached hydrogens (tertiary/aromatic N) is 4. The van der Waals surface area contributed by atoms with Gasteiger partial charge in [-0.25, -0.2) is 14.5 Å². The van der Waals surface area contributed by atoms with E-state index in [1.165, 1.54) is 13.0 Å². The zero-order valence-electron chi connectivity index (χ0n) is 18.5. The molecule has 1 aliphatic heterocycles. The Morgan fingerprint density at radius 1 is 1.12 bits per heavy atom. The van der Waals surface area contributed by atoms with E-state index in [0.29, 0.717) is 23.3 Å². The second kappa shape index (κ2) is 8.94. The number of rotatable bonds is 5. The summed E-state index contributed by atoms with van der Waals surface area (Å²) in [6, 6.07) is 6.45. The Balaban J connectivity index is 1.51. The number of nitrogens with one attached hydrogen (secondary N) is 1. The van der Waals surface area contributed by atoms with E-state index >= 15 is 0 Å². The van der Waals surface area contributed by atoms with Crippen molar-refractivity contribution >= 4 is 28.6 Å². The summed E-state index contributed by atoms with van der Waals surface area (Å²) in [4.78, 5) is 42.7.